The minimum atomic E-state index is 0.642. The van der Waals surface area contributed by atoms with Crippen LogP contribution in [0.4, 0.5) is 0 Å². The number of rotatable bonds is 2. The van der Waals surface area contributed by atoms with Crippen LogP contribution in [0.25, 0.3) is 5.82 Å². The summed E-state index contributed by atoms with van der Waals surface area (Å²) in [5.74, 6) is 0.744. The van der Waals surface area contributed by atoms with E-state index in [1.165, 1.54) is 0 Å². The van der Waals surface area contributed by atoms with Crippen LogP contribution in [0.5, 0.6) is 0 Å². The molecule has 0 atom stereocenters. The summed E-state index contributed by atoms with van der Waals surface area (Å²) in [7, 11) is 0. The summed E-state index contributed by atoms with van der Waals surface area (Å²) in [6, 6.07) is 3.86. The van der Waals surface area contributed by atoms with E-state index in [0.29, 0.717) is 5.56 Å². The van der Waals surface area contributed by atoms with Gasteiger partial charge in [-0.15, -0.1) is 0 Å². The summed E-state index contributed by atoms with van der Waals surface area (Å²) in [5, 5.41) is 4.32. The van der Waals surface area contributed by atoms with Crippen molar-refractivity contribution in [1.29, 1.82) is 0 Å². The predicted molar refractivity (Wildman–Crippen MR) is 61.0 cm³/mol. The summed E-state index contributed by atoms with van der Waals surface area (Å²) < 4.78 is 1.70. The van der Waals surface area contributed by atoms with Gasteiger partial charge in [0.1, 0.15) is 0 Å². The Hall–Kier alpha value is -1.97. The highest BCUT2D eigenvalue weighted by Gasteiger charge is 2.12. The van der Waals surface area contributed by atoms with Crippen molar-refractivity contribution in [2.75, 3.05) is 0 Å². The molecule has 16 heavy (non-hydrogen) atoms. The van der Waals surface area contributed by atoms with Crippen LogP contribution in [0, 0.1) is 20.8 Å². The van der Waals surface area contributed by atoms with Crippen LogP contribution in [0.1, 0.15) is 27.3 Å². The third kappa shape index (κ3) is 1.62. The predicted octanol–water partition coefficient (Wildman–Crippen LogP) is 2.01. The largest absolute Gasteiger partial charge is 0.298 e. The lowest BCUT2D eigenvalue weighted by atomic mass is 10.2. The SMILES string of the molecule is Cc1ccnc(-n2nc(C)c(C=O)c2C)c1. The molecule has 82 valence electrons. The van der Waals surface area contributed by atoms with E-state index in [9.17, 15) is 4.79 Å². The van der Waals surface area contributed by atoms with Gasteiger partial charge < -0.3 is 0 Å². The smallest absolute Gasteiger partial charge is 0.153 e. The molecular formula is C12H13N3O. The molecule has 0 fully saturated rings. The minimum absolute atomic E-state index is 0.642. The molecule has 0 aromatic carbocycles. The monoisotopic (exact) mass is 215 g/mol. The maximum atomic E-state index is 10.9. The van der Waals surface area contributed by atoms with Crippen LogP contribution in [0.15, 0.2) is 18.3 Å². The average Bonchev–Trinajstić information content (AvgIpc) is 2.54. The molecule has 0 bridgehead atoms. The average molecular weight is 215 g/mol. The van der Waals surface area contributed by atoms with Crippen LogP contribution in [0.2, 0.25) is 0 Å². The van der Waals surface area contributed by atoms with E-state index in [4.69, 9.17) is 0 Å². The van der Waals surface area contributed by atoms with Crippen molar-refractivity contribution >= 4 is 6.29 Å². The van der Waals surface area contributed by atoms with Gasteiger partial charge in [-0.25, -0.2) is 9.67 Å². The molecule has 0 aliphatic rings. The Morgan fingerprint density at radius 1 is 1.31 bits per heavy atom. The first-order valence-corrected chi connectivity index (χ1v) is 5.08. The molecule has 0 N–H and O–H groups in total. The van der Waals surface area contributed by atoms with Crippen LogP contribution in [-0.2, 0) is 0 Å². The first-order chi connectivity index (χ1) is 7.63. The number of aldehydes is 1. The van der Waals surface area contributed by atoms with E-state index in [2.05, 4.69) is 10.1 Å². The number of pyridine rings is 1. The van der Waals surface area contributed by atoms with Crippen molar-refractivity contribution in [3.8, 4) is 5.82 Å². The number of hydrogen-bond acceptors (Lipinski definition) is 3. The summed E-state index contributed by atoms with van der Waals surface area (Å²) >= 11 is 0. The molecule has 0 saturated heterocycles. The molecule has 2 aromatic rings. The van der Waals surface area contributed by atoms with Crippen LogP contribution in [0.3, 0.4) is 0 Å². The third-order valence-electron chi connectivity index (χ3n) is 2.58. The number of nitrogens with zero attached hydrogens (tertiary/aromatic N) is 3. The molecule has 0 unspecified atom stereocenters. The number of aryl methyl sites for hydroxylation is 2. The zero-order chi connectivity index (χ0) is 11.7. The lowest BCUT2D eigenvalue weighted by Crippen LogP contribution is -2.02. The molecule has 4 heteroatoms. The molecule has 2 rings (SSSR count). The third-order valence-corrected chi connectivity index (χ3v) is 2.58. The Bertz CT molecular complexity index is 543. The molecule has 0 aliphatic carbocycles. The van der Waals surface area contributed by atoms with Gasteiger partial charge in [-0.3, -0.25) is 4.79 Å². The standard InChI is InChI=1S/C12H13N3O/c1-8-4-5-13-12(6-8)15-10(3)11(7-16)9(2)14-15/h4-7H,1-3H3. The lowest BCUT2D eigenvalue weighted by molar-refractivity contribution is 0.112. The molecule has 2 aromatic heterocycles. The van der Waals surface area contributed by atoms with Gasteiger partial charge in [0.25, 0.3) is 0 Å². The number of aromatic nitrogens is 3. The van der Waals surface area contributed by atoms with E-state index in [0.717, 1.165) is 29.1 Å². The van der Waals surface area contributed by atoms with Gasteiger partial charge in [-0.05, 0) is 38.5 Å². The molecule has 0 amide bonds. The number of hydrogen-bond donors (Lipinski definition) is 0. The summed E-state index contributed by atoms with van der Waals surface area (Å²) in [6.45, 7) is 5.69. The summed E-state index contributed by atoms with van der Waals surface area (Å²) in [4.78, 5) is 15.1. The van der Waals surface area contributed by atoms with E-state index in [-0.39, 0.29) is 0 Å². The van der Waals surface area contributed by atoms with E-state index in [1.807, 2.05) is 32.9 Å². The first-order valence-electron chi connectivity index (χ1n) is 5.08. The zero-order valence-corrected chi connectivity index (χ0v) is 9.56. The fourth-order valence-electron chi connectivity index (χ4n) is 1.68. The quantitative estimate of drug-likeness (QED) is 0.720. The minimum Gasteiger partial charge on any atom is -0.298 e. The van der Waals surface area contributed by atoms with Crippen LogP contribution < -0.4 is 0 Å². The zero-order valence-electron chi connectivity index (χ0n) is 9.56. The lowest BCUT2D eigenvalue weighted by Gasteiger charge is -2.03. The fourth-order valence-corrected chi connectivity index (χ4v) is 1.68. The second-order valence-corrected chi connectivity index (χ2v) is 3.81. The van der Waals surface area contributed by atoms with Gasteiger partial charge in [0.2, 0.25) is 0 Å². The topological polar surface area (TPSA) is 47.8 Å². The maximum Gasteiger partial charge on any atom is 0.153 e. The fraction of sp³-hybridized carbons (Fsp3) is 0.250. The Morgan fingerprint density at radius 2 is 2.06 bits per heavy atom. The van der Waals surface area contributed by atoms with Gasteiger partial charge >= 0.3 is 0 Å². The summed E-state index contributed by atoms with van der Waals surface area (Å²) in [6.07, 6.45) is 2.58. The molecule has 0 radical (unpaired) electrons. The molecule has 0 aliphatic heterocycles. The summed E-state index contributed by atoms with van der Waals surface area (Å²) in [5.41, 5.74) is 3.31. The van der Waals surface area contributed by atoms with Gasteiger partial charge in [-0.1, -0.05) is 0 Å². The Labute approximate surface area is 93.9 Å². The highest BCUT2D eigenvalue weighted by Crippen LogP contribution is 2.15. The second-order valence-electron chi connectivity index (χ2n) is 3.81. The maximum absolute atomic E-state index is 10.9. The normalized spacial score (nSPS) is 10.4. The van der Waals surface area contributed by atoms with Gasteiger partial charge in [0.05, 0.1) is 17.0 Å². The number of carbonyl (C=O) groups excluding carboxylic acids is 1. The van der Waals surface area contributed by atoms with Gasteiger partial charge in [0.15, 0.2) is 12.1 Å². The molecule has 0 saturated carbocycles. The number of carbonyl (C=O) groups is 1. The van der Waals surface area contributed by atoms with Gasteiger partial charge in [0, 0.05) is 6.20 Å². The van der Waals surface area contributed by atoms with Crippen molar-refractivity contribution in [2.24, 2.45) is 0 Å². The van der Waals surface area contributed by atoms with E-state index in [1.54, 1.807) is 10.9 Å². The van der Waals surface area contributed by atoms with Gasteiger partial charge in [-0.2, -0.15) is 5.10 Å². The van der Waals surface area contributed by atoms with Crippen LogP contribution in [-0.4, -0.2) is 21.1 Å². The van der Waals surface area contributed by atoms with Crippen molar-refractivity contribution in [1.82, 2.24) is 14.8 Å². The molecule has 4 nitrogen and oxygen atoms in total. The molecular weight excluding hydrogens is 202 g/mol. The van der Waals surface area contributed by atoms with Crippen molar-refractivity contribution in [3.05, 3.63) is 40.8 Å². The highest BCUT2D eigenvalue weighted by molar-refractivity contribution is 5.78. The second kappa shape index (κ2) is 3.89. The van der Waals surface area contributed by atoms with E-state index >= 15 is 0 Å². The van der Waals surface area contributed by atoms with Crippen molar-refractivity contribution in [2.45, 2.75) is 20.8 Å². The van der Waals surface area contributed by atoms with Crippen LogP contribution >= 0.6 is 0 Å². The van der Waals surface area contributed by atoms with Crippen molar-refractivity contribution < 1.29 is 4.79 Å². The highest BCUT2D eigenvalue weighted by atomic mass is 16.1. The molecule has 0 spiro atoms. The Kier molecular flexibility index (Phi) is 2.56. The molecule has 2 heterocycles. The Balaban J connectivity index is 2.61. The first kappa shape index (κ1) is 10.5. The van der Waals surface area contributed by atoms with Crippen molar-refractivity contribution in [3.63, 3.8) is 0 Å². The van der Waals surface area contributed by atoms with E-state index < -0.39 is 0 Å². The Morgan fingerprint density at radius 3 is 2.62 bits per heavy atom.